The summed E-state index contributed by atoms with van der Waals surface area (Å²) in [6.07, 6.45) is -0.199. The lowest BCUT2D eigenvalue weighted by molar-refractivity contribution is -0.140. The molecule has 0 saturated heterocycles. The van der Waals surface area contributed by atoms with Crippen LogP contribution in [-0.4, -0.2) is 47.9 Å². The van der Waals surface area contributed by atoms with Crippen molar-refractivity contribution in [3.05, 3.63) is 0 Å². The fourth-order valence-corrected chi connectivity index (χ4v) is 0.766. The molecule has 0 spiro atoms. The van der Waals surface area contributed by atoms with Crippen LogP contribution in [0.15, 0.2) is 0 Å². The fourth-order valence-electron chi connectivity index (χ4n) is 0.766. The van der Waals surface area contributed by atoms with Gasteiger partial charge in [0.05, 0.1) is 0 Å². The highest BCUT2D eigenvalue weighted by Crippen LogP contribution is 1.95. The monoisotopic (exact) mass is 202 g/mol. The number of rotatable bonds is 4. The quantitative estimate of drug-likeness (QED) is 0.654. The van der Waals surface area contributed by atoms with Gasteiger partial charge in [0.1, 0.15) is 11.8 Å². The van der Waals surface area contributed by atoms with Gasteiger partial charge in [-0.1, -0.05) is 0 Å². The third kappa shape index (κ3) is 4.44. The molecule has 6 nitrogen and oxygen atoms in total. The zero-order valence-electron chi connectivity index (χ0n) is 8.40. The smallest absolute Gasteiger partial charge is 0.326 e. The molecule has 6 heteroatoms. The summed E-state index contributed by atoms with van der Waals surface area (Å²) in [4.78, 5) is 33.6. The molecule has 0 aliphatic rings. The Bertz CT molecular complexity index is 250. The molecule has 2 amide bonds. The Morgan fingerprint density at radius 2 is 1.86 bits per heavy atom. The minimum absolute atomic E-state index is 0.199. The van der Waals surface area contributed by atoms with Gasteiger partial charge in [0, 0.05) is 20.5 Å². The van der Waals surface area contributed by atoms with Crippen molar-refractivity contribution in [3.63, 3.8) is 0 Å². The van der Waals surface area contributed by atoms with Crippen LogP contribution in [0.1, 0.15) is 13.3 Å². The van der Waals surface area contributed by atoms with Gasteiger partial charge in [-0.25, -0.2) is 9.59 Å². The molecule has 0 aromatic heterocycles. The van der Waals surface area contributed by atoms with Gasteiger partial charge >= 0.3 is 12.0 Å². The SMILES string of the molecule is CC(=O)CC(NC(=O)N(C)C)C(=O)O. The Hall–Kier alpha value is -1.59. The van der Waals surface area contributed by atoms with E-state index in [1.807, 2.05) is 0 Å². The molecule has 0 aliphatic heterocycles. The first kappa shape index (κ1) is 12.4. The van der Waals surface area contributed by atoms with Crippen LogP contribution in [0.25, 0.3) is 0 Å². The predicted molar refractivity (Wildman–Crippen MR) is 48.9 cm³/mol. The average Bonchev–Trinajstić information content (AvgIpc) is 2.01. The summed E-state index contributed by atoms with van der Waals surface area (Å²) in [7, 11) is 2.98. The van der Waals surface area contributed by atoms with Gasteiger partial charge in [0.2, 0.25) is 0 Å². The maximum atomic E-state index is 11.1. The number of carbonyl (C=O) groups excluding carboxylic acids is 2. The highest BCUT2D eigenvalue weighted by Gasteiger charge is 2.21. The molecular weight excluding hydrogens is 188 g/mol. The zero-order valence-corrected chi connectivity index (χ0v) is 8.40. The first-order chi connectivity index (χ1) is 6.34. The number of ketones is 1. The molecule has 0 aliphatic carbocycles. The molecule has 1 unspecified atom stereocenters. The zero-order chi connectivity index (χ0) is 11.3. The minimum atomic E-state index is -1.21. The van der Waals surface area contributed by atoms with Gasteiger partial charge in [-0.2, -0.15) is 0 Å². The van der Waals surface area contributed by atoms with E-state index in [0.29, 0.717) is 0 Å². The molecule has 0 saturated carbocycles. The highest BCUT2D eigenvalue weighted by molar-refractivity contribution is 5.87. The van der Waals surface area contributed by atoms with E-state index in [4.69, 9.17) is 5.11 Å². The highest BCUT2D eigenvalue weighted by atomic mass is 16.4. The van der Waals surface area contributed by atoms with Crippen molar-refractivity contribution in [2.24, 2.45) is 0 Å². The molecule has 0 aromatic rings. The van der Waals surface area contributed by atoms with Crippen LogP contribution in [0.4, 0.5) is 4.79 Å². The standard InChI is InChI=1S/C8H14N2O4/c1-5(11)4-6(7(12)13)9-8(14)10(2)3/h6H,4H2,1-3H3,(H,9,14)(H,12,13). The van der Waals surface area contributed by atoms with Crippen LogP contribution >= 0.6 is 0 Å². The van der Waals surface area contributed by atoms with Crippen molar-refractivity contribution in [3.8, 4) is 0 Å². The number of urea groups is 1. The molecule has 0 rings (SSSR count). The Labute approximate surface area is 81.9 Å². The predicted octanol–water partition coefficient (Wildman–Crippen LogP) is -0.310. The van der Waals surface area contributed by atoms with E-state index < -0.39 is 18.0 Å². The van der Waals surface area contributed by atoms with Gasteiger partial charge in [0.25, 0.3) is 0 Å². The van der Waals surface area contributed by atoms with E-state index in [9.17, 15) is 14.4 Å². The third-order valence-corrected chi connectivity index (χ3v) is 1.49. The van der Waals surface area contributed by atoms with Crippen molar-refractivity contribution in [1.82, 2.24) is 10.2 Å². The summed E-state index contributed by atoms with van der Waals surface area (Å²) in [5, 5.41) is 10.9. The second-order valence-electron chi connectivity index (χ2n) is 3.14. The van der Waals surface area contributed by atoms with Crippen molar-refractivity contribution in [2.75, 3.05) is 14.1 Å². The average molecular weight is 202 g/mol. The largest absolute Gasteiger partial charge is 0.480 e. The van der Waals surface area contributed by atoms with Gasteiger partial charge in [-0.3, -0.25) is 4.79 Å². The number of nitrogens with zero attached hydrogens (tertiary/aromatic N) is 1. The maximum absolute atomic E-state index is 11.1. The van der Waals surface area contributed by atoms with Crippen molar-refractivity contribution < 1.29 is 19.5 Å². The van der Waals surface area contributed by atoms with E-state index in [0.717, 1.165) is 0 Å². The van der Waals surface area contributed by atoms with Crippen LogP contribution in [0.3, 0.4) is 0 Å². The number of carboxylic acids is 1. The molecule has 0 radical (unpaired) electrons. The Morgan fingerprint density at radius 3 is 2.14 bits per heavy atom. The lowest BCUT2D eigenvalue weighted by atomic mass is 10.1. The van der Waals surface area contributed by atoms with Crippen LogP contribution in [0.5, 0.6) is 0 Å². The van der Waals surface area contributed by atoms with E-state index in [-0.39, 0.29) is 12.2 Å². The third-order valence-electron chi connectivity index (χ3n) is 1.49. The number of carboxylic acid groups (broad SMARTS) is 1. The van der Waals surface area contributed by atoms with E-state index in [1.54, 1.807) is 0 Å². The Balaban J connectivity index is 4.31. The summed E-state index contributed by atoms with van der Waals surface area (Å²) in [5.74, 6) is -1.49. The Morgan fingerprint density at radius 1 is 1.36 bits per heavy atom. The summed E-state index contributed by atoms with van der Waals surface area (Å²) >= 11 is 0. The van der Waals surface area contributed by atoms with Gasteiger partial charge in [-0.05, 0) is 6.92 Å². The number of aliphatic carboxylic acids is 1. The number of Topliss-reactive ketones (excluding diaryl/α,β-unsaturated/α-hetero) is 1. The second kappa shape index (κ2) is 5.21. The van der Waals surface area contributed by atoms with E-state index in [2.05, 4.69) is 5.32 Å². The molecule has 0 aromatic carbocycles. The van der Waals surface area contributed by atoms with Gasteiger partial charge in [-0.15, -0.1) is 0 Å². The summed E-state index contributed by atoms with van der Waals surface area (Å²) in [6, 6.07) is -1.68. The second-order valence-corrected chi connectivity index (χ2v) is 3.14. The topological polar surface area (TPSA) is 86.7 Å². The molecular formula is C8H14N2O4. The summed E-state index contributed by atoms with van der Waals surface area (Å²) < 4.78 is 0. The van der Waals surface area contributed by atoms with E-state index >= 15 is 0 Å². The molecule has 0 heterocycles. The molecule has 14 heavy (non-hydrogen) atoms. The number of nitrogens with one attached hydrogen (secondary N) is 1. The van der Waals surface area contributed by atoms with Crippen molar-refractivity contribution in [1.29, 1.82) is 0 Å². The lowest BCUT2D eigenvalue weighted by Crippen LogP contribution is -2.46. The van der Waals surface area contributed by atoms with Crippen molar-refractivity contribution >= 4 is 17.8 Å². The minimum Gasteiger partial charge on any atom is -0.480 e. The Kier molecular flexibility index (Phi) is 4.62. The van der Waals surface area contributed by atoms with E-state index in [1.165, 1.54) is 25.9 Å². The van der Waals surface area contributed by atoms with Crippen LogP contribution in [-0.2, 0) is 9.59 Å². The van der Waals surface area contributed by atoms with Crippen LogP contribution in [0.2, 0.25) is 0 Å². The first-order valence-corrected chi connectivity index (χ1v) is 4.04. The van der Waals surface area contributed by atoms with Gasteiger partial charge in [0.15, 0.2) is 0 Å². The molecule has 0 bridgehead atoms. The fraction of sp³-hybridized carbons (Fsp3) is 0.625. The summed E-state index contributed by atoms with van der Waals surface area (Å²) in [6.45, 7) is 1.28. The molecule has 2 N–H and O–H groups in total. The number of hydrogen-bond acceptors (Lipinski definition) is 3. The van der Waals surface area contributed by atoms with Crippen LogP contribution < -0.4 is 5.32 Å². The molecule has 80 valence electrons. The number of amides is 2. The van der Waals surface area contributed by atoms with Gasteiger partial charge < -0.3 is 15.3 Å². The normalized spacial score (nSPS) is 11.6. The van der Waals surface area contributed by atoms with Crippen LogP contribution in [0, 0.1) is 0 Å². The number of hydrogen-bond donors (Lipinski definition) is 2. The molecule has 1 atom stereocenters. The number of carbonyl (C=O) groups is 3. The molecule has 0 fully saturated rings. The lowest BCUT2D eigenvalue weighted by Gasteiger charge is -2.16. The summed E-state index contributed by atoms with van der Waals surface area (Å²) in [5.41, 5.74) is 0. The first-order valence-electron chi connectivity index (χ1n) is 4.04. The van der Waals surface area contributed by atoms with Crippen molar-refractivity contribution in [2.45, 2.75) is 19.4 Å². The maximum Gasteiger partial charge on any atom is 0.326 e.